The molecule has 3 aromatic carbocycles. The molecule has 2 amide bonds. The minimum absolute atomic E-state index is 0.174. The van der Waals surface area contributed by atoms with E-state index in [1.807, 2.05) is 93.6 Å². The number of hydrogen-bond donors (Lipinski definition) is 1. The second kappa shape index (κ2) is 13.0. The minimum Gasteiger partial charge on any atom is -0.484 e. The van der Waals surface area contributed by atoms with Crippen molar-refractivity contribution in [3.63, 3.8) is 0 Å². The number of carbonyl (C=O) groups excluding carboxylic acids is 2. The third-order valence-corrected chi connectivity index (χ3v) is 5.78. The van der Waals surface area contributed by atoms with Crippen molar-refractivity contribution in [2.24, 2.45) is 5.92 Å². The highest BCUT2D eigenvalue weighted by atomic mass is 35.5. The van der Waals surface area contributed by atoms with Gasteiger partial charge in [-0.05, 0) is 53.8 Å². The standard InChI is InChI=1S/C29H33ClN2O3/c1-21(2)18-31-29(34)27(17-23-10-5-4-6-11-23)32(19-24-12-8-13-25(30)16-24)28(33)20-35-26-14-7-9-22(3)15-26/h4-16,21,27H,17-20H2,1-3H3,(H,31,34)/t27-/m0/s1. The van der Waals surface area contributed by atoms with E-state index in [1.54, 1.807) is 11.0 Å². The molecule has 1 atom stereocenters. The van der Waals surface area contributed by atoms with Gasteiger partial charge < -0.3 is 15.0 Å². The smallest absolute Gasteiger partial charge is 0.261 e. The Balaban J connectivity index is 1.90. The first kappa shape index (κ1) is 26.3. The summed E-state index contributed by atoms with van der Waals surface area (Å²) in [4.78, 5) is 28.6. The van der Waals surface area contributed by atoms with Crippen LogP contribution in [-0.2, 0) is 22.6 Å². The zero-order valence-corrected chi connectivity index (χ0v) is 21.3. The first-order valence-electron chi connectivity index (χ1n) is 11.9. The van der Waals surface area contributed by atoms with Crippen molar-refractivity contribution in [2.45, 2.75) is 39.8 Å². The number of rotatable bonds is 11. The molecule has 3 aromatic rings. The van der Waals surface area contributed by atoms with E-state index in [-0.39, 0.29) is 30.9 Å². The molecule has 0 spiro atoms. The summed E-state index contributed by atoms with van der Waals surface area (Å²) >= 11 is 6.21. The van der Waals surface area contributed by atoms with E-state index in [4.69, 9.17) is 16.3 Å². The lowest BCUT2D eigenvalue weighted by Gasteiger charge is -2.31. The van der Waals surface area contributed by atoms with Gasteiger partial charge >= 0.3 is 0 Å². The Morgan fingerprint density at radius 1 is 0.943 bits per heavy atom. The second-order valence-corrected chi connectivity index (χ2v) is 9.54. The summed E-state index contributed by atoms with van der Waals surface area (Å²) in [5.41, 5.74) is 2.86. The van der Waals surface area contributed by atoms with Gasteiger partial charge in [0.15, 0.2) is 6.61 Å². The Bertz CT molecular complexity index is 1120. The number of hydrogen-bond acceptors (Lipinski definition) is 3. The number of nitrogens with one attached hydrogen (secondary N) is 1. The number of halogens is 1. The first-order chi connectivity index (χ1) is 16.8. The molecule has 0 unspecified atom stereocenters. The van der Waals surface area contributed by atoms with Crippen LogP contribution in [-0.4, -0.2) is 35.9 Å². The molecule has 0 saturated carbocycles. The maximum Gasteiger partial charge on any atom is 0.261 e. The van der Waals surface area contributed by atoms with Crippen LogP contribution < -0.4 is 10.1 Å². The first-order valence-corrected chi connectivity index (χ1v) is 12.2. The van der Waals surface area contributed by atoms with Gasteiger partial charge in [0.2, 0.25) is 5.91 Å². The Morgan fingerprint density at radius 3 is 2.34 bits per heavy atom. The van der Waals surface area contributed by atoms with Crippen LogP contribution in [0.3, 0.4) is 0 Å². The average molecular weight is 493 g/mol. The van der Waals surface area contributed by atoms with Crippen molar-refractivity contribution < 1.29 is 14.3 Å². The van der Waals surface area contributed by atoms with Gasteiger partial charge in [0.25, 0.3) is 5.91 Å². The van der Waals surface area contributed by atoms with E-state index >= 15 is 0 Å². The predicted molar refractivity (Wildman–Crippen MR) is 140 cm³/mol. The largest absolute Gasteiger partial charge is 0.484 e. The van der Waals surface area contributed by atoms with Gasteiger partial charge in [0, 0.05) is 24.5 Å². The summed E-state index contributed by atoms with van der Waals surface area (Å²) in [5.74, 6) is 0.448. The van der Waals surface area contributed by atoms with Crippen LogP contribution in [0.15, 0.2) is 78.9 Å². The summed E-state index contributed by atoms with van der Waals surface area (Å²) in [6, 6.07) is 23.9. The van der Waals surface area contributed by atoms with Crippen LogP contribution in [0.1, 0.15) is 30.5 Å². The molecule has 35 heavy (non-hydrogen) atoms. The molecule has 0 saturated heterocycles. The topological polar surface area (TPSA) is 58.6 Å². The molecule has 0 aliphatic carbocycles. The molecule has 0 aromatic heterocycles. The van der Waals surface area contributed by atoms with E-state index in [9.17, 15) is 9.59 Å². The zero-order valence-electron chi connectivity index (χ0n) is 20.5. The zero-order chi connectivity index (χ0) is 25.2. The highest BCUT2D eigenvalue weighted by molar-refractivity contribution is 6.30. The van der Waals surface area contributed by atoms with E-state index in [2.05, 4.69) is 5.32 Å². The molecule has 0 heterocycles. The fraction of sp³-hybridized carbons (Fsp3) is 0.310. The molecule has 3 rings (SSSR count). The fourth-order valence-electron chi connectivity index (χ4n) is 3.74. The fourth-order valence-corrected chi connectivity index (χ4v) is 3.95. The SMILES string of the molecule is Cc1cccc(OCC(=O)N(Cc2cccc(Cl)c2)[C@@H](Cc2ccccc2)C(=O)NCC(C)C)c1. The summed E-state index contributed by atoms with van der Waals surface area (Å²) in [7, 11) is 0. The van der Waals surface area contributed by atoms with E-state index < -0.39 is 6.04 Å². The molecule has 0 radical (unpaired) electrons. The van der Waals surface area contributed by atoms with Crippen molar-refractivity contribution in [1.82, 2.24) is 10.2 Å². The van der Waals surface area contributed by atoms with Gasteiger partial charge in [0.1, 0.15) is 11.8 Å². The van der Waals surface area contributed by atoms with Gasteiger partial charge in [-0.3, -0.25) is 9.59 Å². The predicted octanol–water partition coefficient (Wildman–Crippen LogP) is 5.44. The van der Waals surface area contributed by atoms with Crippen LogP contribution in [0, 0.1) is 12.8 Å². The molecular formula is C29H33ClN2O3. The van der Waals surface area contributed by atoms with Crippen molar-refractivity contribution in [3.8, 4) is 5.75 Å². The van der Waals surface area contributed by atoms with Crippen LogP contribution in [0.5, 0.6) is 5.75 Å². The number of amides is 2. The minimum atomic E-state index is -0.705. The highest BCUT2D eigenvalue weighted by Gasteiger charge is 2.30. The van der Waals surface area contributed by atoms with Crippen molar-refractivity contribution in [1.29, 1.82) is 0 Å². The summed E-state index contributed by atoms with van der Waals surface area (Å²) in [6.45, 7) is 6.64. The lowest BCUT2D eigenvalue weighted by Crippen LogP contribution is -2.52. The Kier molecular flexibility index (Phi) is 9.74. The number of ether oxygens (including phenoxy) is 1. The maximum absolute atomic E-state index is 13.6. The molecule has 0 fully saturated rings. The second-order valence-electron chi connectivity index (χ2n) is 9.10. The third kappa shape index (κ3) is 8.45. The van der Waals surface area contributed by atoms with Crippen molar-refractivity contribution in [2.75, 3.05) is 13.2 Å². The van der Waals surface area contributed by atoms with Gasteiger partial charge in [-0.1, -0.05) is 80.0 Å². The Labute approximate surface area is 213 Å². The van der Waals surface area contributed by atoms with E-state index in [1.165, 1.54) is 0 Å². The molecule has 0 aliphatic rings. The van der Waals surface area contributed by atoms with E-state index in [0.717, 1.165) is 16.7 Å². The quantitative estimate of drug-likeness (QED) is 0.387. The molecule has 184 valence electrons. The lowest BCUT2D eigenvalue weighted by molar-refractivity contribution is -0.142. The lowest BCUT2D eigenvalue weighted by atomic mass is 10.0. The molecular weight excluding hydrogens is 460 g/mol. The van der Waals surface area contributed by atoms with Crippen molar-refractivity contribution in [3.05, 3.63) is 101 Å². The normalized spacial score (nSPS) is 11.7. The third-order valence-electron chi connectivity index (χ3n) is 5.55. The van der Waals surface area contributed by atoms with Crippen molar-refractivity contribution >= 4 is 23.4 Å². The average Bonchev–Trinajstić information content (AvgIpc) is 2.84. The van der Waals surface area contributed by atoms with Gasteiger partial charge in [-0.25, -0.2) is 0 Å². The van der Waals surface area contributed by atoms with Crippen LogP contribution >= 0.6 is 11.6 Å². The molecule has 0 bridgehead atoms. The van der Waals surface area contributed by atoms with Gasteiger partial charge in [-0.15, -0.1) is 0 Å². The summed E-state index contributed by atoms with van der Waals surface area (Å²) in [5, 5.41) is 3.60. The van der Waals surface area contributed by atoms with Gasteiger partial charge in [0.05, 0.1) is 0 Å². The molecule has 0 aliphatic heterocycles. The number of aryl methyl sites for hydroxylation is 1. The highest BCUT2D eigenvalue weighted by Crippen LogP contribution is 2.19. The molecule has 1 N–H and O–H groups in total. The number of benzene rings is 3. The van der Waals surface area contributed by atoms with Gasteiger partial charge in [-0.2, -0.15) is 0 Å². The monoisotopic (exact) mass is 492 g/mol. The Hall–Kier alpha value is -3.31. The maximum atomic E-state index is 13.6. The molecule has 6 heteroatoms. The summed E-state index contributed by atoms with van der Waals surface area (Å²) < 4.78 is 5.82. The number of nitrogens with zero attached hydrogens (tertiary/aromatic N) is 1. The van der Waals surface area contributed by atoms with E-state index in [0.29, 0.717) is 23.7 Å². The Morgan fingerprint density at radius 2 is 1.66 bits per heavy atom. The molecule has 5 nitrogen and oxygen atoms in total. The summed E-state index contributed by atoms with van der Waals surface area (Å²) in [6.07, 6.45) is 0.390. The van der Waals surface area contributed by atoms with Crippen LogP contribution in [0.25, 0.3) is 0 Å². The number of carbonyl (C=O) groups is 2. The van der Waals surface area contributed by atoms with Crippen LogP contribution in [0.2, 0.25) is 5.02 Å². The van der Waals surface area contributed by atoms with Crippen LogP contribution in [0.4, 0.5) is 0 Å².